The molecule has 0 aliphatic rings. The Hall–Kier alpha value is -2.84. The van der Waals surface area contributed by atoms with E-state index in [1.54, 1.807) is 0 Å². The average molecular weight is 350 g/mol. The Balaban J connectivity index is 2.30. The fraction of sp³-hybridized carbons (Fsp3) is 0.133. The standard InChI is InChI=1S/C15H16ClN5O3/c1-8(13(22)20-18)21-6-2-3-12(15(21)24)19-14(23)9-4-5-11(17)10(16)7-9/h2-8H,17-18H2,1H3,(H,19,23)(H,20,22). The number of anilines is 2. The molecule has 0 saturated carbocycles. The van der Waals surface area contributed by atoms with Crippen LogP contribution >= 0.6 is 11.6 Å². The predicted octanol–water partition coefficient (Wildman–Crippen LogP) is 0.887. The summed E-state index contributed by atoms with van der Waals surface area (Å²) in [7, 11) is 0. The van der Waals surface area contributed by atoms with Crippen LogP contribution < -0.4 is 27.9 Å². The Morgan fingerprint density at radius 3 is 2.62 bits per heavy atom. The van der Waals surface area contributed by atoms with E-state index in [1.165, 1.54) is 43.5 Å². The van der Waals surface area contributed by atoms with E-state index >= 15 is 0 Å². The molecule has 8 nitrogen and oxygen atoms in total. The zero-order valence-corrected chi connectivity index (χ0v) is 13.5. The maximum atomic E-state index is 12.4. The number of hydrogen-bond acceptors (Lipinski definition) is 5. The second-order valence-electron chi connectivity index (χ2n) is 5.01. The lowest BCUT2D eigenvalue weighted by atomic mass is 10.2. The van der Waals surface area contributed by atoms with Crippen molar-refractivity contribution in [2.45, 2.75) is 13.0 Å². The van der Waals surface area contributed by atoms with Crippen molar-refractivity contribution in [3.05, 3.63) is 57.5 Å². The topological polar surface area (TPSA) is 132 Å². The van der Waals surface area contributed by atoms with Crippen molar-refractivity contribution >= 4 is 34.8 Å². The van der Waals surface area contributed by atoms with E-state index in [4.69, 9.17) is 23.2 Å². The molecule has 0 radical (unpaired) electrons. The number of benzene rings is 1. The highest BCUT2D eigenvalue weighted by molar-refractivity contribution is 6.33. The number of nitrogens with zero attached hydrogens (tertiary/aromatic N) is 1. The molecule has 0 aliphatic carbocycles. The smallest absolute Gasteiger partial charge is 0.275 e. The fourth-order valence-electron chi connectivity index (χ4n) is 2.02. The monoisotopic (exact) mass is 349 g/mol. The van der Waals surface area contributed by atoms with Crippen molar-refractivity contribution in [3.8, 4) is 0 Å². The number of nitrogens with one attached hydrogen (secondary N) is 2. The minimum Gasteiger partial charge on any atom is -0.398 e. The van der Waals surface area contributed by atoms with Crippen molar-refractivity contribution in [1.29, 1.82) is 0 Å². The Labute approximate surface area is 142 Å². The van der Waals surface area contributed by atoms with Crippen LogP contribution in [-0.2, 0) is 4.79 Å². The first-order valence-corrected chi connectivity index (χ1v) is 7.31. The number of hydrazine groups is 1. The molecular formula is C15H16ClN5O3. The highest BCUT2D eigenvalue weighted by atomic mass is 35.5. The van der Waals surface area contributed by atoms with E-state index in [1.807, 2.05) is 5.43 Å². The molecule has 2 amide bonds. The molecule has 1 unspecified atom stereocenters. The lowest BCUT2D eigenvalue weighted by Crippen LogP contribution is -2.39. The van der Waals surface area contributed by atoms with E-state index < -0.39 is 23.4 Å². The lowest BCUT2D eigenvalue weighted by Gasteiger charge is -2.14. The zero-order valence-electron chi connectivity index (χ0n) is 12.7. The number of carbonyl (C=O) groups is 2. The summed E-state index contributed by atoms with van der Waals surface area (Å²) in [5.41, 5.74) is 7.64. The third-order valence-corrected chi connectivity index (χ3v) is 3.75. The molecule has 0 aliphatic heterocycles. The maximum Gasteiger partial charge on any atom is 0.275 e. The van der Waals surface area contributed by atoms with Crippen LogP contribution in [0.1, 0.15) is 23.3 Å². The molecule has 1 aromatic carbocycles. The van der Waals surface area contributed by atoms with Gasteiger partial charge < -0.3 is 15.6 Å². The number of amides is 2. The Morgan fingerprint density at radius 1 is 1.29 bits per heavy atom. The summed E-state index contributed by atoms with van der Waals surface area (Å²) in [6.45, 7) is 1.51. The number of hydrogen-bond donors (Lipinski definition) is 4. The number of halogens is 1. The second kappa shape index (κ2) is 7.16. The van der Waals surface area contributed by atoms with Crippen molar-refractivity contribution in [1.82, 2.24) is 9.99 Å². The van der Waals surface area contributed by atoms with Gasteiger partial charge >= 0.3 is 0 Å². The minimum atomic E-state index is -0.828. The molecule has 0 saturated heterocycles. The van der Waals surface area contributed by atoms with Gasteiger partial charge in [-0.25, -0.2) is 5.84 Å². The van der Waals surface area contributed by atoms with Gasteiger partial charge in [-0.15, -0.1) is 0 Å². The van der Waals surface area contributed by atoms with Crippen LogP contribution in [0.25, 0.3) is 0 Å². The number of pyridine rings is 1. The van der Waals surface area contributed by atoms with Gasteiger partial charge in [0.15, 0.2) is 0 Å². The average Bonchev–Trinajstić information content (AvgIpc) is 2.57. The predicted molar refractivity (Wildman–Crippen MR) is 91.6 cm³/mol. The van der Waals surface area contributed by atoms with Gasteiger partial charge in [0, 0.05) is 11.8 Å². The van der Waals surface area contributed by atoms with Crippen LogP contribution in [-0.4, -0.2) is 16.4 Å². The van der Waals surface area contributed by atoms with Crippen molar-refractivity contribution in [2.75, 3.05) is 11.1 Å². The van der Waals surface area contributed by atoms with E-state index in [0.717, 1.165) is 4.57 Å². The molecule has 0 spiro atoms. The summed E-state index contributed by atoms with van der Waals surface area (Å²) in [5, 5.41) is 2.73. The molecule has 126 valence electrons. The normalized spacial score (nSPS) is 11.6. The van der Waals surface area contributed by atoms with Crippen LogP contribution in [0.15, 0.2) is 41.3 Å². The summed E-state index contributed by atoms with van der Waals surface area (Å²) < 4.78 is 1.16. The van der Waals surface area contributed by atoms with E-state index in [9.17, 15) is 14.4 Å². The summed E-state index contributed by atoms with van der Waals surface area (Å²) in [5.74, 6) is 4.01. The van der Waals surface area contributed by atoms with Crippen LogP contribution in [0.2, 0.25) is 5.02 Å². The van der Waals surface area contributed by atoms with Gasteiger partial charge in [0.1, 0.15) is 11.7 Å². The highest BCUT2D eigenvalue weighted by Crippen LogP contribution is 2.20. The molecule has 6 N–H and O–H groups in total. The van der Waals surface area contributed by atoms with Crippen LogP contribution in [0.4, 0.5) is 11.4 Å². The molecule has 2 aromatic rings. The first-order valence-electron chi connectivity index (χ1n) is 6.93. The first-order chi connectivity index (χ1) is 11.3. The molecule has 0 bridgehead atoms. The molecular weight excluding hydrogens is 334 g/mol. The van der Waals surface area contributed by atoms with Crippen LogP contribution in [0.3, 0.4) is 0 Å². The number of nitrogens with two attached hydrogens (primary N) is 2. The van der Waals surface area contributed by atoms with E-state index in [0.29, 0.717) is 5.69 Å². The van der Waals surface area contributed by atoms with Gasteiger partial charge in [0.2, 0.25) is 0 Å². The highest BCUT2D eigenvalue weighted by Gasteiger charge is 2.17. The largest absolute Gasteiger partial charge is 0.398 e. The van der Waals surface area contributed by atoms with E-state index in [2.05, 4.69) is 5.32 Å². The van der Waals surface area contributed by atoms with E-state index in [-0.39, 0.29) is 16.3 Å². The quantitative estimate of drug-likeness (QED) is 0.281. The van der Waals surface area contributed by atoms with Crippen molar-refractivity contribution in [3.63, 3.8) is 0 Å². The van der Waals surface area contributed by atoms with Crippen LogP contribution in [0.5, 0.6) is 0 Å². The molecule has 1 heterocycles. The Kier molecular flexibility index (Phi) is 5.22. The van der Waals surface area contributed by atoms with Crippen molar-refractivity contribution < 1.29 is 9.59 Å². The lowest BCUT2D eigenvalue weighted by molar-refractivity contribution is -0.124. The maximum absolute atomic E-state index is 12.4. The molecule has 9 heteroatoms. The van der Waals surface area contributed by atoms with Crippen LogP contribution in [0, 0.1) is 0 Å². The number of aromatic nitrogens is 1. The number of rotatable bonds is 4. The first kappa shape index (κ1) is 17.5. The van der Waals surface area contributed by atoms with Gasteiger partial charge in [-0.1, -0.05) is 11.6 Å². The third kappa shape index (κ3) is 3.55. The summed E-state index contributed by atoms with van der Waals surface area (Å²) in [4.78, 5) is 36.2. The second-order valence-corrected chi connectivity index (χ2v) is 5.42. The molecule has 1 atom stereocenters. The summed E-state index contributed by atoms with van der Waals surface area (Å²) in [6, 6.07) is 6.52. The van der Waals surface area contributed by atoms with Gasteiger partial charge in [0.25, 0.3) is 17.4 Å². The van der Waals surface area contributed by atoms with Gasteiger partial charge in [-0.3, -0.25) is 19.8 Å². The molecule has 1 aromatic heterocycles. The summed E-state index contributed by atoms with van der Waals surface area (Å²) >= 11 is 5.88. The Morgan fingerprint density at radius 2 is 2.00 bits per heavy atom. The third-order valence-electron chi connectivity index (χ3n) is 3.42. The Bertz CT molecular complexity index is 849. The number of carbonyl (C=O) groups excluding carboxylic acids is 2. The van der Waals surface area contributed by atoms with Gasteiger partial charge in [-0.2, -0.15) is 0 Å². The van der Waals surface area contributed by atoms with Gasteiger partial charge in [-0.05, 0) is 37.3 Å². The zero-order chi connectivity index (χ0) is 17.9. The molecule has 2 rings (SSSR count). The van der Waals surface area contributed by atoms with Crippen molar-refractivity contribution in [2.24, 2.45) is 5.84 Å². The van der Waals surface area contributed by atoms with Gasteiger partial charge in [0.05, 0.1) is 10.7 Å². The number of nitrogen functional groups attached to an aromatic ring is 1. The fourth-order valence-corrected chi connectivity index (χ4v) is 2.20. The molecule has 24 heavy (non-hydrogen) atoms. The SMILES string of the molecule is CC(C(=O)NN)n1cccc(NC(=O)c2ccc(N)c(Cl)c2)c1=O. The summed E-state index contributed by atoms with van der Waals surface area (Å²) in [6.07, 6.45) is 1.43. The molecule has 0 fully saturated rings. The minimum absolute atomic E-state index is 0.0205.